The second-order valence-electron chi connectivity index (χ2n) is 11.7. The lowest BCUT2D eigenvalue weighted by molar-refractivity contribution is 0.502. The van der Waals surface area contributed by atoms with Crippen molar-refractivity contribution < 1.29 is 8.78 Å². The first-order valence-electron chi connectivity index (χ1n) is 14.6. The zero-order chi connectivity index (χ0) is 29.8. The Morgan fingerprint density at radius 2 is 1.67 bits per heavy atom. The van der Waals surface area contributed by atoms with Crippen LogP contribution in [-0.2, 0) is 0 Å². The fourth-order valence-electron chi connectivity index (χ4n) is 6.27. The predicted molar refractivity (Wildman–Crippen MR) is 167 cm³/mol. The summed E-state index contributed by atoms with van der Waals surface area (Å²) in [5.74, 6) is -1.25. The Hall–Kier alpha value is -4.63. The summed E-state index contributed by atoms with van der Waals surface area (Å²) in [7, 11) is 0. The molecular weight excluding hydrogens is 544 g/mol. The normalized spacial score (nSPS) is 15.1. The van der Waals surface area contributed by atoms with Crippen LogP contribution in [0.4, 0.5) is 14.5 Å². The van der Waals surface area contributed by atoms with Gasteiger partial charge in [0.25, 0.3) is 0 Å². The average Bonchev–Trinajstić information content (AvgIpc) is 3.57. The number of fused-ring (bicyclic) bond motifs is 2. The van der Waals surface area contributed by atoms with Crippen molar-refractivity contribution in [1.29, 1.82) is 0 Å². The number of hydrogen-bond donors (Lipinski definition) is 2. The molecule has 1 aliphatic rings. The van der Waals surface area contributed by atoms with Gasteiger partial charge in [-0.2, -0.15) is 5.10 Å². The van der Waals surface area contributed by atoms with Crippen LogP contribution in [0.5, 0.6) is 0 Å². The third kappa shape index (κ3) is 4.83. The topological polar surface area (TPSA) is 88.7 Å². The summed E-state index contributed by atoms with van der Waals surface area (Å²) in [6.07, 6.45) is 7.38. The van der Waals surface area contributed by atoms with E-state index in [1.54, 1.807) is 6.20 Å². The molecule has 0 aliphatic carbocycles. The van der Waals surface area contributed by atoms with E-state index in [4.69, 9.17) is 15.7 Å². The molecule has 0 saturated carbocycles. The molecule has 3 N–H and O–H groups in total. The molecule has 1 fully saturated rings. The van der Waals surface area contributed by atoms with E-state index in [1.807, 2.05) is 26.1 Å². The average molecular weight is 578 g/mol. The molecule has 1 aliphatic heterocycles. The number of rotatable bonds is 5. The van der Waals surface area contributed by atoms with Crippen LogP contribution in [0.15, 0.2) is 67.1 Å². The number of aromatic nitrogens is 5. The first kappa shape index (κ1) is 27.2. The van der Waals surface area contributed by atoms with Crippen LogP contribution in [0.2, 0.25) is 0 Å². The highest BCUT2D eigenvalue weighted by molar-refractivity contribution is 6.08. The maximum absolute atomic E-state index is 14.6. The fraction of sp³-hybridized carbons (Fsp3) is 0.265. The van der Waals surface area contributed by atoms with Crippen molar-refractivity contribution in [1.82, 2.24) is 24.7 Å². The van der Waals surface area contributed by atoms with Gasteiger partial charge in [0.2, 0.25) is 0 Å². The number of nitrogens with zero attached hydrogens (tertiary/aromatic N) is 5. The Labute approximate surface area is 248 Å². The van der Waals surface area contributed by atoms with E-state index in [-0.39, 0.29) is 12.1 Å². The zero-order valence-electron chi connectivity index (χ0n) is 24.4. The van der Waals surface area contributed by atoms with Crippen molar-refractivity contribution in [2.24, 2.45) is 5.73 Å². The number of nitrogens with two attached hydrogens (primary N) is 1. The van der Waals surface area contributed by atoms with Gasteiger partial charge in [0.05, 0.1) is 28.3 Å². The zero-order valence-corrected chi connectivity index (χ0v) is 24.4. The van der Waals surface area contributed by atoms with Gasteiger partial charge in [-0.3, -0.25) is 10.1 Å². The highest BCUT2D eigenvalue weighted by Gasteiger charge is 2.28. The number of aryl methyl sites for hydroxylation is 2. The maximum Gasteiger partial charge on any atom is 0.143 e. The summed E-state index contributed by atoms with van der Waals surface area (Å²) >= 11 is 0. The molecule has 9 heteroatoms. The van der Waals surface area contributed by atoms with Gasteiger partial charge in [0.1, 0.15) is 17.3 Å². The molecular formula is C34H33F2N7. The van der Waals surface area contributed by atoms with Gasteiger partial charge in [0, 0.05) is 66.0 Å². The van der Waals surface area contributed by atoms with Gasteiger partial charge < -0.3 is 15.2 Å². The summed E-state index contributed by atoms with van der Waals surface area (Å²) in [6.45, 7) is 7.58. The van der Waals surface area contributed by atoms with Crippen LogP contribution in [-0.4, -0.2) is 43.9 Å². The summed E-state index contributed by atoms with van der Waals surface area (Å²) in [6, 6.07) is 14.0. The number of pyridine rings is 2. The molecule has 43 heavy (non-hydrogen) atoms. The molecule has 218 valence electrons. The van der Waals surface area contributed by atoms with E-state index in [0.29, 0.717) is 11.1 Å². The fourth-order valence-corrected chi connectivity index (χ4v) is 6.27. The molecule has 7 nitrogen and oxygen atoms in total. The van der Waals surface area contributed by atoms with E-state index in [2.05, 4.69) is 57.1 Å². The predicted octanol–water partition coefficient (Wildman–Crippen LogP) is 7.07. The van der Waals surface area contributed by atoms with Crippen molar-refractivity contribution in [3.63, 3.8) is 0 Å². The van der Waals surface area contributed by atoms with Crippen LogP contribution in [0.3, 0.4) is 0 Å². The van der Waals surface area contributed by atoms with Crippen LogP contribution < -0.4 is 10.6 Å². The lowest BCUT2D eigenvalue weighted by atomic mass is 9.96. The molecule has 6 aromatic rings. The summed E-state index contributed by atoms with van der Waals surface area (Å²) in [4.78, 5) is 12.0. The number of H-pyrrole nitrogens is 1. The summed E-state index contributed by atoms with van der Waals surface area (Å²) in [5, 5.41) is 9.58. The lowest BCUT2D eigenvalue weighted by Crippen LogP contribution is -2.40. The monoisotopic (exact) mass is 577 g/mol. The largest absolute Gasteiger partial charge is 0.370 e. The molecule has 2 aromatic carbocycles. The number of halogens is 2. The lowest BCUT2D eigenvalue weighted by Gasteiger charge is -2.34. The molecule has 0 amide bonds. The van der Waals surface area contributed by atoms with Crippen LogP contribution in [0, 0.1) is 25.5 Å². The molecule has 4 aromatic heterocycles. The highest BCUT2D eigenvalue weighted by atomic mass is 19.1. The Morgan fingerprint density at radius 1 is 0.907 bits per heavy atom. The van der Waals surface area contributed by atoms with E-state index < -0.39 is 11.6 Å². The standard InChI is InChI=1S/C34H33F2N7/c1-19-4-7-30(38-16-19)21(3)43-18-29(22-5-6-27-20(2)40-41-31(27)14-22)32-33(42-10-8-26(37)9-11-42)28(17-39-34(32)43)23-12-24(35)15-25(36)13-23/h4-7,12-18,21,26H,8-11,37H2,1-3H3,(H,40,41). The third-order valence-corrected chi connectivity index (χ3v) is 8.68. The van der Waals surface area contributed by atoms with Crippen LogP contribution in [0.1, 0.15) is 42.8 Å². The summed E-state index contributed by atoms with van der Waals surface area (Å²) in [5.41, 5.74) is 14.9. The number of piperidine rings is 1. The van der Waals surface area contributed by atoms with Crippen molar-refractivity contribution in [2.45, 2.75) is 45.7 Å². The van der Waals surface area contributed by atoms with E-state index >= 15 is 0 Å². The quantitative estimate of drug-likeness (QED) is 0.229. The second kappa shape index (κ2) is 10.6. The Morgan fingerprint density at radius 3 is 2.40 bits per heavy atom. The minimum absolute atomic E-state index is 0.116. The Bertz CT molecular complexity index is 1950. The molecule has 0 spiro atoms. The second-order valence-corrected chi connectivity index (χ2v) is 11.7. The molecule has 1 unspecified atom stereocenters. The summed E-state index contributed by atoms with van der Waals surface area (Å²) < 4.78 is 31.3. The minimum Gasteiger partial charge on any atom is -0.370 e. The Balaban J connectivity index is 1.54. The van der Waals surface area contributed by atoms with Crippen LogP contribution >= 0.6 is 0 Å². The number of hydrogen-bond acceptors (Lipinski definition) is 5. The van der Waals surface area contributed by atoms with Gasteiger partial charge in [-0.15, -0.1) is 0 Å². The molecule has 0 radical (unpaired) electrons. The molecule has 1 atom stereocenters. The number of nitrogens with one attached hydrogen (secondary N) is 1. The third-order valence-electron chi connectivity index (χ3n) is 8.68. The molecule has 0 bridgehead atoms. The van der Waals surface area contributed by atoms with Crippen LogP contribution in [0.25, 0.3) is 44.2 Å². The van der Waals surface area contributed by atoms with Gasteiger partial charge in [-0.1, -0.05) is 18.2 Å². The first-order chi connectivity index (χ1) is 20.8. The van der Waals surface area contributed by atoms with E-state index in [0.717, 1.165) is 87.7 Å². The molecule has 1 saturated heterocycles. The van der Waals surface area contributed by atoms with Gasteiger partial charge in [0.15, 0.2) is 0 Å². The van der Waals surface area contributed by atoms with Crippen molar-refractivity contribution in [3.8, 4) is 22.3 Å². The number of benzene rings is 2. The van der Waals surface area contributed by atoms with E-state index in [9.17, 15) is 8.78 Å². The van der Waals surface area contributed by atoms with Gasteiger partial charge >= 0.3 is 0 Å². The van der Waals surface area contributed by atoms with Crippen molar-refractivity contribution >= 4 is 27.6 Å². The minimum atomic E-state index is -0.627. The number of aromatic amines is 1. The van der Waals surface area contributed by atoms with Gasteiger partial charge in [-0.25, -0.2) is 13.8 Å². The van der Waals surface area contributed by atoms with Gasteiger partial charge in [-0.05, 0) is 74.6 Å². The highest BCUT2D eigenvalue weighted by Crippen LogP contribution is 2.45. The first-order valence-corrected chi connectivity index (χ1v) is 14.6. The smallest absolute Gasteiger partial charge is 0.143 e. The van der Waals surface area contributed by atoms with Crippen molar-refractivity contribution in [2.75, 3.05) is 18.0 Å². The molecule has 5 heterocycles. The molecule has 7 rings (SSSR count). The number of anilines is 1. The van der Waals surface area contributed by atoms with Crippen molar-refractivity contribution in [3.05, 3.63) is 95.7 Å². The Kier molecular flexibility index (Phi) is 6.69. The SMILES string of the molecule is Cc1ccc(C(C)n2cc(-c3ccc4c(C)[nH]nc4c3)c3c(N4CCC(N)CC4)c(-c4cc(F)cc(F)c4)cnc32)nc1. The van der Waals surface area contributed by atoms with E-state index in [1.165, 1.54) is 12.1 Å². The maximum atomic E-state index is 14.6.